The molecular weight excluding hydrogens is 350 g/mol. The van der Waals surface area contributed by atoms with Crippen LogP contribution in [-0.2, 0) is 0 Å². The van der Waals surface area contributed by atoms with Gasteiger partial charge in [-0.15, -0.1) is 0 Å². The molecule has 142 valence electrons. The molecule has 0 aliphatic heterocycles. The zero-order valence-corrected chi connectivity index (χ0v) is 17.0. The number of hydrogen-bond acceptors (Lipinski definition) is 1. The summed E-state index contributed by atoms with van der Waals surface area (Å²) in [6.07, 6.45) is 1.92. The lowest BCUT2D eigenvalue weighted by molar-refractivity contribution is 1.28. The van der Waals surface area contributed by atoms with E-state index in [4.69, 9.17) is 0 Å². The molecule has 1 heteroatoms. The molecule has 0 bridgehead atoms. The fourth-order valence-corrected chi connectivity index (χ4v) is 3.77. The molecule has 0 aromatic heterocycles. The zero-order chi connectivity index (χ0) is 20.2. The monoisotopic (exact) mass is 375 g/mol. The normalized spacial score (nSPS) is 10.6. The Hall–Kier alpha value is -3.58. The smallest absolute Gasteiger partial charge is 0.0462 e. The molecular formula is C28H25N. The molecule has 0 fully saturated rings. The van der Waals surface area contributed by atoms with Crippen molar-refractivity contribution in [3.05, 3.63) is 120 Å². The lowest BCUT2D eigenvalue weighted by atomic mass is 9.93. The first kappa shape index (κ1) is 18.8. The SMILES string of the molecule is C=Cc1ccc(-c2ccc(N(c3ccccc3)c3ccccc3)cc2)c(C)c1C. The van der Waals surface area contributed by atoms with E-state index in [9.17, 15) is 0 Å². The van der Waals surface area contributed by atoms with Gasteiger partial charge in [-0.3, -0.25) is 0 Å². The fourth-order valence-electron chi connectivity index (χ4n) is 3.77. The molecule has 4 aromatic carbocycles. The summed E-state index contributed by atoms with van der Waals surface area (Å²) in [5, 5.41) is 0. The van der Waals surface area contributed by atoms with E-state index in [0.717, 1.165) is 17.1 Å². The second-order valence-electron chi connectivity index (χ2n) is 7.21. The van der Waals surface area contributed by atoms with Gasteiger partial charge in [-0.25, -0.2) is 0 Å². The minimum Gasteiger partial charge on any atom is -0.311 e. The maximum absolute atomic E-state index is 3.92. The van der Waals surface area contributed by atoms with Gasteiger partial charge in [0.1, 0.15) is 0 Å². The predicted molar refractivity (Wildman–Crippen MR) is 126 cm³/mol. The van der Waals surface area contributed by atoms with Crippen molar-refractivity contribution in [3.63, 3.8) is 0 Å². The Labute approximate surface area is 173 Å². The topological polar surface area (TPSA) is 3.24 Å². The van der Waals surface area contributed by atoms with Gasteiger partial charge in [0.2, 0.25) is 0 Å². The van der Waals surface area contributed by atoms with Gasteiger partial charge in [0.25, 0.3) is 0 Å². The third-order valence-electron chi connectivity index (χ3n) is 5.51. The van der Waals surface area contributed by atoms with Crippen LogP contribution in [0.3, 0.4) is 0 Å². The summed E-state index contributed by atoms with van der Waals surface area (Å²) in [7, 11) is 0. The molecule has 0 aliphatic rings. The van der Waals surface area contributed by atoms with Crippen LogP contribution in [0.1, 0.15) is 16.7 Å². The van der Waals surface area contributed by atoms with E-state index in [0.29, 0.717) is 0 Å². The Morgan fingerprint density at radius 2 is 1.10 bits per heavy atom. The average molecular weight is 376 g/mol. The highest BCUT2D eigenvalue weighted by Gasteiger charge is 2.12. The molecule has 4 rings (SSSR count). The summed E-state index contributed by atoms with van der Waals surface area (Å²) in [5.41, 5.74) is 9.72. The van der Waals surface area contributed by atoms with Gasteiger partial charge in [0.05, 0.1) is 0 Å². The van der Waals surface area contributed by atoms with Crippen LogP contribution in [0.2, 0.25) is 0 Å². The molecule has 29 heavy (non-hydrogen) atoms. The Morgan fingerprint density at radius 1 is 0.586 bits per heavy atom. The number of hydrogen-bond donors (Lipinski definition) is 0. The van der Waals surface area contributed by atoms with Gasteiger partial charge in [-0.1, -0.05) is 73.3 Å². The average Bonchev–Trinajstić information content (AvgIpc) is 2.78. The van der Waals surface area contributed by atoms with Crippen molar-refractivity contribution in [1.29, 1.82) is 0 Å². The first-order valence-corrected chi connectivity index (χ1v) is 9.92. The Morgan fingerprint density at radius 3 is 1.62 bits per heavy atom. The van der Waals surface area contributed by atoms with Crippen LogP contribution in [0, 0.1) is 13.8 Å². The van der Waals surface area contributed by atoms with E-state index in [1.165, 1.54) is 27.8 Å². The first-order chi connectivity index (χ1) is 14.2. The fraction of sp³-hybridized carbons (Fsp3) is 0.0714. The van der Waals surface area contributed by atoms with Crippen LogP contribution in [-0.4, -0.2) is 0 Å². The second-order valence-corrected chi connectivity index (χ2v) is 7.21. The van der Waals surface area contributed by atoms with Crippen LogP contribution in [0.5, 0.6) is 0 Å². The molecule has 0 amide bonds. The highest BCUT2D eigenvalue weighted by Crippen LogP contribution is 2.36. The number of rotatable bonds is 5. The van der Waals surface area contributed by atoms with E-state index in [2.05, 4.69) is 110 Å². The standard InChI is InChI=1S/C28H25N/c1-4-23-17-20-28(22(3)21(23)2)24-15-18-27(19-16-24)29(25-11-7-5-8-12-25)26-13-9-6-10-14-26/h4-20H,1H2,2-3H3. The van der Waals surface area contributed by atoms with Crippen molar-refractivity contribution in [1.82, 2.24) is 0 Å². The van der Waals surface area contributed by atoms with Gasteiger partial charge in [-0.05, 0) is 78.1 Å². The van der Waals surface area contributed by atoms with Crippen molar-refractivity contribution in [2.75, 3.05) is 4.90 Å². The van der Waals surface area contributed by atoms with Crippen molar-refractivity contribution >= 4 is 23.1 Å². The van der Waals surface area contributed by atoms with Gasteiger partial charge in [0, 0.05) is 17.1 Å². The number of para-hydroxylation sites is 2. The maximum Gasteiger partial charge on any atom is 0.0462 e. The molecule has 0 radical (unpaired) electrons. The van der Waals surface area contributed by atoms with Crippen LogP contribution in [0.25, 0.3) is 17.2 Å². The molecule has 0 N–H and O–H groups in total. The Balaban J connectivity index is 1.76. The van der Waals surface area contributed by atoms with E-state index in [1.54, 1.807) is 0 Å². The number of benzene rings is 4. The first-order valence-electron chi connectivity index (χ1n) is 9.92. The Bertz CT molecular complexity index is 1070. The zero-order valence-electron chi connectivity index (χ0n) is 17.0. The minimum atomic E-state index is 1.14. The summed E-state index contributed by atoms with van der Waals surface area (Å²) < 4.78 is 0. The van der Waals surface area contributed by atoms with Crippen LogP contribution >= 0.6 is 0 Å². The molecule has 0 saturated heterocycles. The van der Waals surface area contributed by atoms with Crippen LogP contribution in [0.4, 0.5) is 17.1 Å². The summed E-state index contributed by atoms with van der Waals surface area (Å²) in [6, 6.07) is 34.1. The number of anilines is 3. The highest BCUT2D eigenvalue weighted by molar-refractivity contribution is 5.79. The van der Waals surface area contributed by atoms with Gasteiger partial charge in [0.15, 0.2) is 0 Å². The summed E-state index contributed by atoms with van der Waals surface area (Å²) in [6.45, 7) is 8.27. The predicted octanol–water partition coefficient (Wildman–Crippen LogP) is 8.08. The number of nitrogens with zero attached hydrogens (tertiary/aromatic N) is 1. The molecule has 0 heterocycles. The second kappa shape index (κ2) is 8.20. The summed E-state index contributed by atoms with van der Waals surface area (Å²) in [4.78, 5) is 2.28. The Kier molecular flexibility index (Phi) is 5.31. The summed E-state index contributed by atoms with van der Waals surface area (Å²) in [5.74, 6) is 0. The maximum atomic E-state index is 3.92. The molecule has 0 spiro atoms. The van der Waals surface area contributed by atoms with Gasteiger partial charge < -0.3 is 4.90 Å². The van der Waals surface area contributed by atoms with E-state index in [1.807, 2.05) is 18.2 Å². The molecule has 0 unspecified atom stereocenters. The van der Waals surface area contributed by atoms with Gasteiger partial charge >= 0.3 is 0 Å². The van der Waals surface area contributed by atoms with E-state index in [-0.39, 0.29) is 0 Å². The minimum absolute atomic E-state index is 1.14. The van der Waals surface area contributed by atoms with Crippen molar-refractivity contribution in [3.8, 4) is 11.1 Å². The lowest BCUT2D eigenvalue weighted by Gasteiger charge is -2.25. The third kappa shape index (κ3) is 3.72. The third-order valence-corrected chi connectivity index (χ3v) is 5.51. The highest BCUT2D eigenvalue weighted by atomic mass is 15.1. The van der Waals surface area contributed by atoms with Crippen LogP contribution < -0.4 is 4.90 Å². The van der Waals surface area contributed by atoms with Crippen LogP contribution in [0.15, 0.2) is 104 Å². The molecule has 0 atom stereocenters. The largest absolute Gasteiger partial charge is 0.311 e. The lowest BCUT2D eigenvalue weighted by Crippen LogP contribution is -2.09. The van der Waals surface area contributed by atoms with Crippen molar-refractivity contribution in [2.45, 2.75) is 13.8 Å². The van der Waals surface area contributed by atoms with Gasteiger partial charge in [-0.2, -0.15) is 0 Å². The molecule has 0 aliphatic carbocycles. The molecule has 1 nitrogen and oxygen atoms in total. The van der Waals surface area contributed by atoms with E-state index < -0.39 is 0 Å². The summed E-state index contributed by atoms with van der Waals surface area (Å²) >= 11 is 0. The molecule has 0 saturated carbocycles. The quantitative estimate of drug-likeness (QED) is 0.341. The van der Waals surface area contributed by atoms with Crippen molar-refractivity contribution < 1.29 is 0 Å². The molecule has 4 aromatic rings. The van der Waals surface area contributed by atoms with E-state index >= 15 is 0 Å². The van der Waals surface area contributed by atoms with Crippen molar-refractivity contribution in [2.24, 2.45) is 0 Å².